The van der Waals surface area contributed by atoms with Crippen molar-refractivity contribution in [2.24, 2.45) is 4.99 Å². The second-order valence-corrected chi connectivity index (χ2v) is 4.16. The number of rotatable bonds is 4. The zero-order chi connectivity index (χ0) is 12.8. The van der Waals surface area contributed by atoms with E-state index < -0.39 is 6.10 Å². The van der Waals surface area contributed by atoms with Gasteiger partial charge in [-0.05, 0) is 18.6 Å². The first kappa shape index (κ1) is 12.5. The van der Waals surface area contributed by atoms with Gasteiger partial charge in [-0.3, -0.25) is 9.98 Å². The summed E-state index contributed by atoms with van der Waals surface area (Å²) in [6.07, 6.45) is 4.62. The normalized spacial score (nSPS) is 14.6. The van der Waals surface area contributed by atoms with Gasteiger partial charge in [0.1, 0.15) is 6.10 Å². The zero-order valence-electron chi connectivity index (χ0n) is 10.3. The van der Waals surface area contributed by atoms with E-state index in [1.165, 1.54) is 0 Å². The Balaban J connectivity index is 2.04. The highest BCUT2D eigenvalue weighted by Crippen LogP contribution is 2.18. The van der Waals surface area contributed by atoms with Crippen LogP contribution in [0.15, 0.2) is 59.9 Å². The van der Waals surface area contributed by atoms with E-state index in [0.29, 0.717) is 0 Å². The second kappa shape index (κ2) is 6.07. The monoisotopic (exact) mass is 240 g/mol. The summed E-state index contributed by atoms with van der Waals surface area (Å²) in [5.74, 6) is 0. The van der Waals surface area contributed by atoms with Gasteiger partial charge in [-0.1, -0.05) is 36.4 Å². The van der Waals surface area contributed by atoms with E-state index in [4.69, 9.17) is 0 Å². The van der Waals surface area contributed by atoms with Crippen molar-refractivity contribution in [2.45, 2.75) is 19.1 Å². The zero-order valence-corrected chi connectivity index (χ0v) is 10.3. The third-order valence-electron chi connectivity index (χ3n) is 2.74. The summed E-state index contributed by atoms with van der Waals surface area (Å²) in [6.45, 7) is 1.89. The Kier molecular flexibility index (Phi) is 4.20. The molecule has 0 amide bonds. The Morgan fingerprint density at radius 3 is 2.61 bits per heavy atom. The Morgan fingerprint density at radius 2 is 1.94 bits per heavy atom. The lowest BCUT2D eigenvalue weighted by Crippen LogP contribution is -2.12. The van der Waals surface area contributed by atoms with Crippen LogP contribution in [0.3, 0.4) is 0 Å². The van der Waals surface area contributed by atoms with Crippen molar-refractivity contribution in [3.05, 3.63) is 66.0 Å². The van der Waals surface area contributed by atoms with Crippen LogP contribution in [0.25, 0.3) is 0 Å². The minimum Gasteiger partial charge on any atom is -0.386 e. The van der Waals surface area contributed by atoms with Crippen molar-refractivity contribution in [1.82, 2.24) is 4.98 Å². The number of pyridine rings is 1. The summed E-state index contributed by atoms with van der Waals surface area (Å²) < 4.78 is 0. The maximum absolute atomic E-state index is 10.1. The number of benzene rings is 1. The lowest BCUT2D eigenvalue weighted by Gasteiger charge is -2.15. The largest absolute Gasteiger partial charge is 0.386 e. The molecule has 18 heavy (non-hydrogen) atoms. The molecule has 1 N–H and O–H groups in total. The molecule has 0 aliphatic rings. The van der Waals surface area contributed by atoms with E-state index in [1.54, 1.807) is 18.6 Å². The van der Waals surface area contributed by atoms with Crippen LogP contribution in [0.1, 0.15) is 24.2 Å². The Bertz CT molecular complexity index is 496. The molecule has 0 saturated heterocycles. The summed E-state index contributed by atoms with van der Waals surface area (Å²) in [5.41, 5.74) is 1.82. The molecule has 2 atom stereocenters. The van der Waals surface area contributed by atoms with E-state index >= 15 is 0 Å². The molecule has 0 bridgehead atoms. The van der Waals surface area contributed by atoms with Crippen LogP contribution >= 0.6 is 0 Å². The van der Waals surface area contributed by atoms with Crippen LogP contribution in [0.4, 0.5) is 0 Å². The van der Waals surface area contributed by atoms with Gasteiger partial charge in [0.2, 0.25) is 0 Å². The van der Waals surface area contributed by atoms with Gasteiger partial charge < -0.3 is 5.11 Å². The molecule has 1 heterocycles. The number of aromatic nitrogens is 1. The molecular formula is C15H16N2O. The molecule has 1 aromatic carbocycles. The van der Waals surface area contributed by atoms with Crippen LogP contribution in [-0.2, 0) is 0 Å². The van der Waals surface area contributed by atoms with Gasteiger partial charge in [0.05, 0.1) is 6.04 Å². The minimum absolute atomic E-state index is 0.187. The molecule has 0 fully saturated rings. The van der Waals surface area contributed by atoms with Gasteiger partial charge in [-0.25, -0.2) is 0 Å². The fraction of sp³-hybridized carbons (Fsp3) is 0.200. The number of aliphatic hydroxyl groups is 1. The molecule has 3 nitrogen and oxygen atoms in total. The van der Waals surface area contributed by atoms with Crippen LogP contribution < -0.4 is 0 Å². The molecule has 0 aliphatic carbocycles. The third kappa shape index (κ3) is 3.25. The van der Waals surface area contributed by atoms with Gasteiger partial charge in [0.15, 0.2) is 0 Å². The molecule has 0 radical (unpaired) electrons. The number of nitrogens with zero attached hydrogens (tertiary/aromatic N) is 2. The molecule has 2 aromatic rings. The standard InChI is InChI=1S/C15H16N2O/c1-12(15(18)14-7-3-2-4-8-14)17-11-13-6-5-9-16-10-13/h2-12,15,18H,1H3/t12-,15-/m1/s1. The average Bonchev–Trinajstić information content (AvgIpc) is 2.46. The van der Waals surface area contributed by atoms with Gasteiger partial charge in [-0.2, -0.15) is 0 Å². The van der Waals surface area contributed by atoms with Crippen molar-refractivity contribution in [3.63, 3.8) is 0 Å². The molecule has 0 spiro atoms. The second-order valence-electron chi connectivity index (χ2n) is 4.16. The maximum Gasteiger partial charge on any atom is 0.101 e. The highest BCUT2D eigenvalue weighted by molar-refractivity contribution is 5.79. The number of aliphatic hydroxyl groups excluding tert-OH is 1. The topological polar surface area (TPSA) is 45.5 Å². The Labute approximate surface area is 107 Å². The number of aliphatic imine (C=N–C) groups is 1. The summed E-state index contributed by atoms with van der Waals surface area (Å²) >= 11 is 0. The van der Waals surface area contributed by atoms with Crippen molar-refractivity contribution in [3.8, 4) is 0 Å². The lowest BCUT2D eigenvalue weighted by atomic mass is 10.0. The van der Waals surface area contributed by atoms with Crippen LogP contribution in [0.5, 0.6) is 0 Å². The van der Waals surface area contributed by atoms with Crippen molar-refractivity contribution in [1.29, 1.82) is 0 Å². The lowest BCUT2D eigenvalue weighted by molar-refractivity contribution is 0.154. The van der Waals surface area contributed by atoms with E-state index in [-0.39, 0.29) is 6.04 Å². The van der Waals surface area contributed by atoms with Crippen molar-refractivity contribution >= 4 is 6.21 Å². The number of hydrogen-bond acceptors (Lipinski definition) is 3. The molecular weight excluding hydrogens is 224 g/mol. The SMILES string of the molecule is C[C@@H](N=Cc1cccnc1)[C@@H](O)c1ccccc1. The van der Waals surface area contributed by atoms with Gasteiger partial charge in [0.25, 0.3) is 0 Å². The third-order valence-corrected chi connectivity index (χ3v) is 2.74. The van der Waals surface area contributed by atoms with Crippen LogP contribution in [-0.4, -0.2) is 22.3 Å². The Hall–Kier alpha value is -2.00. The molecule has 1 aromatic heterocycles. The van der Waals surface area contributed by atoms with E-state index in [0.717, 1.165) is 11.1 Å². The summed E-state index contributed by atoms with van der Waals surface area (Å²) in [7, 11) is 0. The summed E-state index contributed by atoms with van der Waals surface area (Å²) in [5, 5.41) is 10.1. The van der Waals surface area contributed by atoms with Crippen LogP contribution in [0, 0.1) is 0 Å². The smallest absolute Gasteiger partial charge is 0.101 e. The predicted molar refractivity (Wildman–Crippen MR) is 72.7 cm³/mol. The van der Waals surface area contributed by atoms with E-state index in [1.807, 2.05) is 49.4 Å². The molecule has 0 unspecified atom stereocenters. The summed E-state index contributed by atoms with van der Waals surface area (Å²) in [6, 6.07) is 13.2. The predicted octanol–water partition coefficient (Wildman–Crippen LogP) is 2.62. The molecule has 0 aliphatic heterocycles. The number of hydrogen-bond donors (Lipinski definition) is 1. The first-order valence-electron chi connectivity index (χ1n) is 5.93. The van der Waals surface area contributed by atoms with E-state index in [2.05, 4.69) is 9.98 Å². The minimum atomic E-state index is -0.584. The van der Waals surface area contributed by atoms with Crippen molar-refractivity contribution < 1.29 is 5.11 Å². The van der Waals surface area contributed by atoms with E-state index in [9.17, 15) is 5.11 Å². The summed E-state index contributed by atoms with van der Waals surface area (Å²) in [4.78, 5) is 8.37. The molecule has 2 rings (SSSR count). The molecule has 3 heteroatoms. The average molecular weight is 240 g/mol. The van der Waals surface area contributed by atoms with Gasteiger partial charge in [0, 0.05) is 24.2 Å². The first-order chi connectivity index (χ1) is 8.77. The van der Waals surface area contributed by atoms with Gasteiger partial charge >= 0.3 is 0 Å². The molecule has 92 valence electrons. The molecule has 0 saturated carbocycles. The highest BCUT2D eigenvalue weighted by atomic mass is 16.3. The maximum atomic E-state index is 10.1. The highest BCUT2D eigenvalue weighted by Gasteiger charge is 2.13. The van der Waals surface area contributed by atoms with Gasteiger partial charge in [-0.15, -0.1) is 0 Å². The quantitative estimate of drug-likeness (QED) is 0.835. The Morgan fingerprint density at radius 1 is 1.17 bits per heavy atom. The first-order valence-corrected chi connectivity index (χ1v) is 5.93. The van der Waals surface area contributed by atoms with Crippen LogP contribution in [0.2, 0.25) is 0 Å². The van der Waals surface area contributed by atoms with Crippen molar-refractivity contribution in [2.75, 3.05) is 0 Å². The fourth-order valence-corrected chi connectivity index (χ4v) is 1.67. The fourth-order valence-electron chi connectivity index (χ4n) is 1.67.